The normalized spacial score (nSPS) is 17.7. The predicted octanol–water partition coefficient (Wildman–Crippen LogP) is 1.41. The summed E-state index contributed by atoms with van der Waals surface area (Å²) in [5.41, 5.74) is 6.44. The summed E-state index contributed by atoms with van der Waals surface area (Å²) < 4.78 is 5.29. The molecule has 6 heteroatoms. The molecule has 0 atom stereocenters. The van der Waals surface area contributed by atoms with Gasteiger partial charge in [0, 0.05) is 19.4 Å². The first-order valence-electron chi connectivity index (χ1n) is 6.17. The SMILES string of the molecule is Cc1ncccc1NC(=O)C1(C(N)=S)CCOCC1. The van der Waals surface area contributed by atoms with Crippen molar-refractivity contribution in [3.63, 3.8) is 0 Å². The summed E-state index contributed by atoms with van der Waals surface area (Å²) in [4.78, 5) is 16.9. The van der Waals surface area contributed by atoms with Gasteiger partial charge in [-0.1, -0.05) is 12.2 Å². The number of ether oxygens (including phenoxy) is 1. The van der Waals surface area contributed by atoms with Gasteiger partial charge in [0.25, 0.3) is 0 Å². The number of pyridine rings is 1. The van der Waals surface area contributed by atoms with E-state index < -0.39 is 5.41 Å². The van der Waals surface area contributed by atoms with Crippen molar-refractivity contribution >= 4 is 28.8 Å². The fourth-order valence-corrected chi connectivity index (χ4v) is 2.46. The van der Waals surface area contributed by atoms with E-state index in [1.54, 1.807) is 12.3 Å². The van der Waals surface area contributed by atoms with Crippen molar-refractivity contribution in [2.75, 3.05) is 18.5 Å². The summed E-state index contributed by atoms with van der Waals surface area (Å²) in [5, 5.41) is 2.88. The third kappa shape index (κ3) is 2.74. The van der Waals surface area contributed by atoms with Crippen molar-refractivity contribution in [3.8, 4) is 0 Å². The van der Waals surface area contributed by atoms with Gasteiger partial charge >= 0.3 is 0 Å². The third-order valence-electron chi connectivity index (χ3n) is 3.51. The highest BCUT2D eigenvalue weighted by Gasteiger charge is 2.43. The predicted molar refractivity (Wildman–Crippen MR) is 76.9 cm³/mol. The number of aryl methyl sites for hydroxylation is 1. The molecule has 1 saturated heterocycles. The van der Waals surface area contributed by atoms with Gasteiger partial charge in [0.15, 0.2) is 0 Å². The van der Waals surface area contributed by atoms with Gasteiger partial charge in [-0.15, -0.1) is 0 Å². The number of carbonyl (C=O) groups excluding carboxylic acids is 1. The zero-order valence-electron chi connectivity index (χ0n) is 10.8. The van der Waals surface area contributed by atoms with Crippen molar-refractivity contribution in [3.05, 3.63) is 24.0 Å². The largest absolute Gasteiger partial charge is 0.392 e. The molecule has 1 amide bonds. The zero-order valence-corrected chi connectivity index (χ0v) is 11.6. The Bertz CT molecular complexity index is 498. The molecule has 0 spiro atoms. The number of nitrogens with one attached hydrogen (secondary N) is 1. The maximum Gasteiger partial charge on any atom is 0.237 e. The van der Waals surface area contributed by atoms with Crippen molar-refractivity contribution < 1.29 is 9.53 Å². The van der Waals surface area contributed by atoms with Crippen LogP contribution in [0.2, 0.25) is 0 Å². The van der Waals surface area contributed by atoms with E-state index in [9.17, 15) is 4.79 Å². The minimum Gasteiger partial charge on any atom is -0.392 e. The number of nitrogens with two attached hydrogens (primary N) is 1. The number of thiocarbonyl (C=S) groups is 1. The van der Waals surface area contributed by atoms with Gasteiger partial charge in [0.05, 0.1) is 16.4 Å². The number of amides is 1. The molecule has 1 aromatic heterocycles. The highest BCUT2D eigenvalue weighted by Crippen LogP contribution is 2.32. The lowest BCUT2D eigenvalue weighted by atomic mass is 9.79. The molecule has 102 valence electrons. The molecular formula is C13H17N3O2S. The first-order valence-corrected chi connectivity index (χ1v) is 6.58. The summed E-state index contributed by atoms with van der Waals surface area (Å²) in [6, 6.07) is 3.59. The molecule has 19 heavy (non-hydrogen) atoms. The Balaban J connectivity index is 2.21. The number of anilines is 1. The number of rotatable bonds is 3. The van der Waals surface area contributed by atoms with Crippen LogP contribution in [0.15, 0.2) is 18.3 Å². The van der Waals surface area contributed by atoms with Crippen LogP contribution in [0.3, 0.4) is 0 Å². The third-order valence-corrected chi connectivity index (χ3v) is 3.90. The molecule has 0 saturated carbocycles. The molecular weight excluding hydrogens is 262 g/mol. The topological polar surface area (TPSA) is 77.2 Å². The Morgan fingerprint density at radius 2 is 2.21 bits per heavy atom. The lowest BCUT2D eigenvalue weighted by Gasteiger charge is -2.34. The molecule has 0 radical (unpaired) electrons. The molecule has 5 nitrogen and oxygen atoms in total. The average molecular weight is 279 g/mol. The van der Waals surface area contributed by atoms with Crippen LogP contribution in [-0.2, 0) is 9.53 Å². The number of nitrogens with zero attached hydrogens (tertiary/aromatic N) is 1. The van der Waals surface area contributed by atoms with E-state index >= 15 is 0 Å². The monoisotopic (exact) mass is 279 g/mol. The molecule has 3 N–H and O–H groups in total. The first kappa shape index (κ1) is 13.9. The first-order chi connectivity index (χ1) is 9.06. The van der Waals surface area contributed by atoms with Crippen LogP contribution < -0.4 is 11.1 Å². The van der Waals surface area contributed by atoms with Crippen molar-refractivity contribution in [1.82, 2.24) is 4.98 Å². The van der Waals surface area contributed by atoms with Crippen LogP contribution in [0.4, 0.5) is 5.69 Å². The Morgan fingerprint density at radius 3 is 2.79 bits per heavy atom. The number of hydrogen-bond acceptors (Lipinski definition) is 4. The van der Waals surface area contributed by atoms with Crippen LogP contribution in [-0.4, -0.2) is 29.1 Å². The summed E-state index contributed by atoms with van der Waals surface area (Å²) in [5.74, 6) is -0.167. The van der Waals surface area contributed by atoms with E-state index in [-0.39, 0.29) is 10.9 Å². The minimum absolute atomic E-state index is 0.167. The molecule has 1 aliphatic rings. The van der Waals surface area contributed by atoms with Crippen LogP contribution in [0, 0.1) is 12.3 Å². The van der Waals surface area contributed by atoms with Crippen LogP contribution in [0.5, 0.6) is 0 Å². The van der Waals surface area contributed by atoms with Gasteiger partial charge in [-0.2, -0.15) is 0 Å². The average Bonchev–Trinajstić information content (AvgIpc) is 2.42. The van der Waals surface area contributed by atoms with E-state index in [0.29, 0.717) is 31.7 Å². The fourth-order valence-electron chi connectivity index (χ4n) is 2.16. The highest BCUT2D eigenvalue weighted by molar-refractivity contribution is 7.80. The molecule has 1 aromatic rings. The number of aromatic nitrogens is 1. The molecule has 2 heterocycles. The molecule has 0 unspecified atom stereocenters. The maximum absolute atomic E-state index is 12.5. The van der Waals surface area contributed by atoms with Crippen molar-refractivity contribution in [2.24, 2.45) is 11.1 Å². The Kier molecular flexibility index (Phi) is 4.11. The highest BCUT2D eigenvalue weighted by atomic mass is 32.1. The van der Waals surface area contributed by atoms with E-state index in [1.807, 2.05) is 13.0 Å². The molecule has 0 bridgehead atoms. The second-order valence-corrected chi connectivity index (χ2v) is 5.09. The summed E-state index contributed by atoms with van der Waals surface area (Å²) >= 11 is 5.10. The summed E-state index contributed by atoms with van der Waals surface area (Å²) in [6.07, 6.45) is 2.73. The maximum atomic E-state index is 12.5. The van der Waals surface area contributed by atoms with E-state index in [0.717, 1.165) is 5.69 Å². The Morgan fingerprint density at radius 1 is 1.53 bits per heavy atom. The fraction of sp³-hybridized carbons (Fsp3) is 0.462. The molecule has 0 aromatic carbocycles. The van der Waals surface area contributed by atoms with Crippen LogP contribution in [0.25, 0.3) is 0 Å². The minimum atomic E-state index is -0.810. The number of carbonyl (C=O) groups is 1. The van der Waals surface area contributed by atoms with Gasteiger partial charge in [-0.05, 0) is 31.9 Å². The van der Waals surface area contributed by atoms with E-state index in [1.165, 1.54) is 0 Å². The van der Waals surface area contributed by atoms with Gasteiger partial charge in [-0.3, -0.25) is 9.78 Å². The molecule has 1 fully saturated rings. The Labute approximate surface area is 117 Å². The van der Waals surface area contributed by atoms with Gasteiger partial charge in [0.1, 0.15) is 5.41 Å². The number of hydrogen-bond donors (Lipinski definition) is 2. The van der Waals surface area contributed by atoms with Gasteiger partial charge < -0.3 is 15.8 Å². The van der Waals surface area contributed by atoms with Crippen molar-refractivity contribution in [1.29, 1.82) is 0 Å². The second kappa shape index (κ2) is 5.63. The Hall–Kier alpha value is -1.53. The standard InChI is InChI=1S/C13H17N3O2S/c1-9-10(3-2-6-15-9)16-12(17)13(11(14)19)4-7-18-8-5-13/h2-3,6H,4-5,7-8H2,1H3,(H2,14,19)(H,16,17). The van der Waals surface area contributed by atoms with E-state index in [4.69, 9.17) is 22.7 Å². The molecule has 2 rings (SSSR count). The molecule has 0 aliphatic carbocycles. The van der Waals surface area contributed by atoms with Crippen LogP contribution >= 0.6 is 12.2 Å². The molecule has 1 aliphatic heterocycles. The summed E-state index contributed by atoms with van der Waals surface area (Å²) in [6.45, 7) is 2.83. The van der Waals surface area contributed by atoms with E-state index in [2.05, 4.69) is 10.3 Å². The quantitative estimate of drug-likeness (QED) is 0.818. The van der Waals surface area contributed by atoms with Crippen LogP contribution in [0.1, 0.15) is 18.5 Å². The lowest BCUT2D eigenvalue weighted by Crippen LogP contribution is -2.49. The lowest BCUT2D eigenvalue weighted by molar-refractivity contribution is -0.126. The van der Waals surface area contributed by atoms with Gasteiger partial charge in [0.2, 0.25) is 5.91 Å². The zero-order chi connectivity index (χ0) is 13.9. The smallest absolute Gasteiger partial charge is 0.237 e. The summed E-state index contributed by atoms with van der Waals surface area (Å²) in [7, 11) is 0. The van der Waals surface area contributed by atoms with Crippen molar-refractivity contribution in [2.45, 2.75) is 19.8 Å². The second-order valence-electron chi connectivity index (χ2n) is 4.65. The van der Waals surface area contributed by atoms with Gasteiger partial charge in [-0.25, -0.2) is 0 Å².